The van der Waals surface area contributed by atoms with Crippen LogP contribution in [0.3, 0.4) is 0 Å². The number of benzene rings is 2. The van der Waals surface area contributed by atoms with Crippen molar-refractivity contribution < 1.29 is 30.3 Å². The molecule has 1 unspecified atom stereocenters. The summed E-state index contributed by atoms with van der Waals surface area (Å²) >= 11 is 0. The number of fused-ring (bicyclic) bond motifs is 1. The molecule has 1 aliphatic heterocycles. The maximum atomic E-state index is 9.51. The third-order valence-corrected chi connectivity index (χ3v) is 2.97. The highest BCUT2D eigenvalue weighted by Crippen LogP contribution is 2.40. The van der Waals surface area contributed by atoms with Crippen molar-refractivity contribution in [1.29, 1.82) is 0 Å². The normalized spacial score (nSPS) is 16.1. The Bertz CT molecular complexity index is 605. The van der Waals surface area contributed by atoms with Gasteiger partial charge in [0.05, 0.1) is 18.3 Å². The Morgan fingerprint density at radius 1 is 0.905 bits per heavy atom. The monoisotopic (exact) mass is 292 g/mol. The molecule has 0 bridgehead atoms. The van der Waals surface area contributed by atoms with Gasteiger partial charge in [-0.15, -0.1) is 0 Å². The highest BCUT2D eigenvalue weighted by Gasteiger charge is 2.23. The van der Waals surface area contributed by atoms with E-state index in [0.717, 1.165) is 0 Å². The molecule has 0 saturated heterocycles. The van der Waals surface area contributed by atoms with Gasteiger partial charge in [0.1, 0.15) is 17.2 Å². The van der Waals surface area contributed by atoms with Crippen molar-refractivity contribution in [3.8, 4) is 28.7 Å². The van der Waals surface area contributed by atoms with E-state index in [1.807, 2.05) is 0 Å². The Kier molecular flexibility index (Phi) is 4.39. The fraction of sp³-hybridized carbons (Fsp3) is 0.200. The summed E-state index contributed by atoms with van der Waals surface area (Å²) in [6.07, 6.45) is -0.241. The summed E-state index contributed by atoms with van der Waals surface area (Å²) < 4.78 is 5.18. The van der Waals surface area contributed by atoms with Crippen LogP contribution in [0.25, 0.3) is 0 Å². The first kappa shape index (κ1) is 14.8. The van der Waals surface area contributed by atoms with Crippen molar-refractivity contribution >= 4 is 0 Å². The summed E-state index contributed by atoms with van der Waals surface area (Å²) in [5.74, 6) is 0.0174. The Hall–Kier alpha value is -2.60. The second-order valence-electron chi connectivity index (χ2n) is 4.52. The number of rotatable bonds is 0. The van der Waals surface area contributed by atoms with Gasteiger partial charge in [-0.2, -0.15) is 0 Å². The van der Waals surface area contributed by atoms with Gasteiger partial charge < -0.3 is 30.3 Å². The first-order valence-corrected chi connectivity index (χ1v) is 6.32. The maximum absolute atomic E-state index is 9.51. The zero-order valence-electron chi connectivity index (χ0n) is 11.1. The van der Waals surface area contributed by atoms with Crippen LogP contribution in [-0.4, -0.2) is 32.1 Å². The second kappa shape index (κ2) is 6.23. The minimum Gasteiger partial charge on any atom is -0.508 e. The fourth-order valence-corrected chi connectivity index (χ4v) is 1.94. The highest BCUT2D eigenvalue weighted by atomic mass is 16.5. The largest absolute Gasteiger partial charge is 0.508 e. The van der Waals surface area contributed by atoms with E-state index in [-0.39, 0.29) is 23.0 Å². The zero-order chi connectivity index (χ0) is 15.4. The minimum absolute atomic E-state index is 0.0645. The van der Waals surface area contributed by atoms with Gasteiger partial charge in [-0.25, -0.2) is 0 Å². The standard InChI is InChI=1S/C9H10O4.C6H6O2/c10-5-3-7(12)9-6(11)1-2-13-8(9)4-5;7-5-3-1-2-4-6(5)8/h3-4,6,10-12H,1-2H2;1-4,7-8H. The van der Waals surface area contributed by atoms with Crippen molar-refractivity contribution in [1.82, 2.24) is 0 Å². The molecule has 2 aromatic carbocycles. The number of ether oxygens (including phenoxy) is 1. The molecule has 6 nitrogen and oxygen atoms in total. The van der Waals surface area contributed by atoms with Crippen molar-refractivity contribution in [2.75, 3.05) is 6.61 Å². The topological polar surface area (TPSA) is 110 Å². The third-order valence-electron chi connectivity index (χ3n) is 2.97. The Morgan fingerprint density at radius 2 is 1.52 bits per heavy atom. The van der Waals surface area contributed by atoms with E-state index in [1.165, 1.54) is 24.3 Å². The van der Waals surface area contributed by atoms with Gasteiger partial charge in [0.25, 0.3) is 0 Å². The second-order valence-corrected chi connectivity index (χ2v) is 4.52. The Labute approximate surface area is 121 Å². The number of phenolic OH excluding ortho intramolecular Hbond substituents is 4. The van der Waals surface area contributed by atoms with Crippen molar-refractivity contribution in [2.24, 2.45) is 0 Å². The molecule has 0 spiro atoms. The van der Waals surface area contributed by atoms with Crippen molar-refractivity contribution in [3.05, 3.63) is 42.0 Å². The predicted octanol–water partition coefficient (Wildman–Crippen LogP) is 2.01. The summed E-state index contributed by atoms with van der Waals surface area (Å²) in [7, 11) is 0. The fourth-order valence-electron chi connectivity index (χ4n) is 1.94. The highest BCUT2D eigenvalue weighted by molar-refractivity contribution is 5.51. The molecule has 0 saturated carbocycles. The van der Waals surface area contributed by atoms with Crippen LogP contribution in [-0.2, 0) is 0 Å². The van der Waals surface area contributed by atoms with Gasteiger partial charge in [-0.05, 0) is 12.1 Å². The summed E-state index contributed by atoms with van der Waals surface area (Å²) in [5, 5.41) is 45.4. The van der Waals surface area contributed by atoms with Crippen LogP contribution in [0.4, 0.5) is 0 Å². The number of aliphatic hydroxyl groups is 1. The number of aromatic hydroxyl groups is 4. The van der Waals surface area contributed by atoms with Crippen LogP contribution in [0.1, 0.15) is 18.1 Å². The molecule has 6 heteroatoms. The molecule has 0 aliphatic carbocycles. The van der Waals surface area contributed by atoms with E-state index < -0.39 is 6.10 Å². The van der Waals surface area contributed by atoms with E-state index in [1.54, 1.807) is 12.1 Å². The molecule has 1 aliphatic rings. The maximum Gasteiger partial charge on any atom is 0.157 e. The van der Waals surface area contributed by atoms with E-state index in [2.05, 4.69) is 0 Å². The molecular weight excluding hydrogens is 276 g/mol. The average Bonchev–Trinajstić information content (AvgIpc) is 2.42. The molecule has 112 valence electrons. The number of phenols is 4. The summed E-state index contributed by atoms with van der Waals surface area (Å²) in [6, 6.07) is 8.73. The first-order valence-electron chi connectivity index (χ1n) is 6.32. The van der Waals surface area contributed by atoms with E-state index in [4.69, 9.17) is 20.1 Å². The smallest absolute Gasteiger partial charge is 0.157 e. The van der Waals surface area contributed by atoms with Gasteiger partial charge in [0.15, 0.2) is 11.5 Å². The van der Waals surface area contributed by atoms with E-state index in [9.17, 15) is 10.2 Å². The lowest BCUT2D eigenvalue weighted by Gasteiger charge is -2.22. The zero-order valence-corrected chi connectivity index (χ0v) is 11.1. The number of aliphatic hydroxyl groups excluding tert-OH is 1. The lowest BCUT2D eigenvalue weighted by atomic mass is 10.0. The minimum atomic E-state index is -0.704. The van der Waals surface area contributed by atoms with Crippen LogP contribution in [0.2, 0.25) is 0 Å². The number of para-hydroxylation sites is 2. The van der Waals surface area contributed by atoms with Gasteiger partial charge in [0, 0.05) is 18.6 Å². The predicted molar refractivity (Wildman–Crippen MR) is 74.6 cm³/mol. The van der Waals surface area contributed by atoms with Gasteiger partial charge in [0.2, 0.25) is 0 Å². The van der Waals surface area contributed by atoms with Gasteiger partial charge in [-0.1, -0.05) is 12.1 Å². The number of hydrogen-bond acceptors (Lipinski definition) is 6. The molecule has 1 heterocycles. The summed E-state index contributed by atoms with van der Waals surface area (Å²) in [4.78, 5) is 0. The average molecular weight is 292 g/mol. The van der Waals surface area contributed by atoms with Crippen LogP contribution < -0.4 is 4.74 Å². The Balaban J connectivity index is 0.000000173. The molecule has 0 radical (unpaired) electrons. The summed E-state index contributed by atoms with van der Waals surface area (Å²) in [6.45, 7) is 0.400. The SMILES string of the molecule is Oc1cc(O)c2c(c1)OCCC2O.Oc1ccccc1O. The van der Waals surface area contributed by atoms with E-state index in [0.29, 0.717) is 24.3 Å². The van der Waals surface area contributed by atoms with Crippen molar-refractivity contribution in [2.45, 2.75) is 12.5 Å². The van der Waals surface area contributed by atoms with E-state index >= 15 is 0 Å². The third kappa shape index (κ3) is 3.49. The molecule has 0 aromatic heterocycles. The van der Waals surface area contributed by atoms with Crippen LogP contribution in [0, 0.1) is 0 Å². The van der Waals surface area contributed by atoms with Crippen LogP contribution in [0.5, 0.6) is 28.7 Å². The molecule has 2 aromatic rings. The van der Waals surface area contributed by atoms with Gasteiger partial charge >= 0.3 is 0 Å². The lowest BCUT2D eigenvalue weighted by Crippen LogP contribution is -2.13. The molecular formula is C15H16O6. The van der Waals surface area contributed by atoms with Crippen LogP contribution in [0.15, 0.2) is 36.4 Å². The molecule has 0 amide bonds. The number of hydrogen-bond donors (Lipinski definition) is 5. The molecule has 3 rings (SSSR count). The molecule has 1 atom stereocenters. The first-order chi connectivity index (χ1) is 9.99. The molecule has 0 fully saturated rings. The summed E-state index contributed by atoms with van der Waals surface area (Å²) in [5.41, 5.74) is 0.365. The van der Waals surface area contributed by atoms with Crippen LogP contribution >= 0.6 is 0 Å². The lowest BCUT2D eigenvalue weighted by molar-refractivity contribution is 0.112. The quantitative estimate of drug-likeness (QED) is 0.475. The van der Waals surface area contributed by atoms with Gasteiger partial charge in [-0.3, -0.25) is 0 Å². The van der Waals surface area contributed by atoms with Crippen molar-refractivity contribution in [3.63, 3.8) is 0 Å². The molecule has 21 heavy (non-hydrogen) atoms. The Morgan fingerprint density at radius 3 is 2.10 bits per heavy atom. The molecule has 5 N–H and O–H groups in total.